The van der Waals surface area contributed by atoms with Crippen LogP contribution in [0.1, 0.15) is 152 Å². The molecule has 51 heavy (non-hydrogen) atoms. The maximum Gasteiger partial charge on any atom is 0.408 e. The van der Waals surface area contributed by atoms with Crippen LogP contribution in [0.25, 0.3) is 0 Å². The molecule has 0 radical (unpaired) electrons. The van der Waals surface area contributed by atoms with Crippen LogP contribution >= 0.6 is 11.8 Å². The van der Waals surface area contributed by atoms with E-state index in [4.69, 9.17) is 18.9 Å². The van der Waals surface area contributed by atoms with Crippen molar-refractivity contribution in [1.29, 1.82) is 0 Å². The van der Waals surface area contributed by atoms with Crippen LogP contribution in [-0.4, -0.2) is 83.4 Å². The lowest BCUT2D eigenvalue weighted by Gasteiger charge is -2.24. The van der Waals surface area contributed by atoms with Crippen LogP contribution in [0.3, 0.4) is 0 Å². The Morgan fingerprint density at radius 3 is 1.43 bits per heavy atom. The molecule has 0 aliphatic rings. The highest BCUT2D eigenvalue weighted by molar-refractivity contribution is 8.13. The Bertz CT molecular complexity index is 1060. The molecule has 3 amide bonds. The number of rotatable bonds is 25. The van der Waals surface area contributed by atoms with Gasteiger partial charge in [-0.1, -0.05) is 70.1 Å². The number of hydrogen-bond donors (Lipinski definition) is 3. The molecule has 0 aliphatic carbocycles. The summed E-state index contributed by atoms with van der Waals surface area (Å²) in [4.78, 5) is 76.5. The van der Waals surface area contributed by atoms with Crippen molar-refractivity contribution in [1.82, 2.24) is 16.0 Å². The van der Waals surface area contributed by atoms with E-state index in [-0.39, 0.29) is 50.4 Å². The van der Waals surface area contributed by atoms with Gasteiger partial charge in [-0.15, -0.1) is 0 Å². The molecule has 0 fully saturated rings. The summed E-state index contributed by atoms with van der Waals surface area (Å²) in [7, 11) is 0. The van der Waals surface area contributed by atoms with Gasteiger partial charge in [-0.25, -0.2) is 19.2 Å². The van der Waals surface area contributed by atoms with E-state index >= 15 is 0 Å². The van der Waals surface area contributed by atoms with Crippen LogP contribution in [0.4, 0.5) is 9.59 Å². The van der Waals surface area contributed by atoms with Crippen molar-refractivity contribution in [3.05, 3.63) is 0 Å². The van der Waals surface area contributed by atoms with Crippen LogP contribution in [0, 0.1) is 0 Å². The molecule has 0 bridgehead atoms. The van der Waals surface area contributed by atoms with Gasteiger partial charge in [-0.05, 0) is 87.5 Å². The molecule has 2 unspecified atom stereocenters. The minimum Gasteiger partial charge on any atom is -0.464 e. The largest absolute Gasteiger partial charge is 0.464 e. The third-order valence-electron chi connectivity index (χ3n) is 7.28. The number of hydrogen-bond acceptors (Lipinski definition) is 11. The maximum atomic E-state index is 13.2. The number of nitrogens with one attached hydrogen (secondary N) is 3. The second kappa shape index (κ2) is 26.7. The number of ether oxygens (including phenoxy) is 4. The fourth-order valence-electron chi connectivity index (χ4n) is 4.89. The third-order valence-corrected chi connectivity index (χ3v) is 8.34. The fourth-order valence-corrected chi connectivity index (χ4v) is 5.81. The summed E-state index contributed by atoms with van der Waals surface area (Å²) in [5.74, 6) is -1.22. The van der Waals surface area contributed by atoms with Crippen molar-refractivity contribution in [2.24, 2.45) is 0 Å². The molecule has 0 aromatic carbocycles. The first-order chi connectivity index (χ1) is 23.9. The third kappa shape index (κ3) is 26.4. The number of carbonyl (C=O) groups is 6. The second-order valence-corrected chi connectivity index (χ2v) is 15.6. The molecule has 3 atom stereocenters. The lowest BCUT2D eigenvalue weighted by atomic mass is 10.0. The van der Waals surface area contributed by atoms with E-state index in [1.165, 1.54) is 38.5 Å². The Kier molecular flexibility index (Phi) is 25.1. The van der Waals surface area contributed by atoms with Crippen LogP contribution in [0.15, 0.2) is 0 Å². The smallest absolute Gasteiger partial charge is 0.408 e. The highest BCUT2D eigenvalue weighted by atomic mass is 32.2. The molecule has 0 rings (SSSR count). The Balaban J connectivity index is 5.32. The lowest BCUT2D eigenvalue weighted by molar-refractivity contribution is -0.147. The summed E-state index contributed by atoms with van der Waals surface area (Å²) in [5.41, 5.74) is -1.55. The van der Waals surface area contributed by atoms with Gasteiger partial charge in [0.1, 0.15) is 29.3 Å². The predicted octanol–water partition coefficient (Wildman–Crippen LogP) is 7.13. The fraction of sp³-hybridized carbons (Fsp3) is 0.838. The van der Waals surface area contributed by atoms with Gasteiger partial charge in [0.25, 0.3) is 0 Å². The highest BCUT2D eigenvalue weighted by Gasteiger charge is 2.29. The standard InChI is InChI=1S/C37H67N3O10S/c1-10-13-14-15-16-17-18-19-20-26-51-33(44)29(40-35(46)50-37(7,8)9)24-25-30(41)38-27(31(42)47-11-2)22-21-23-28(32(43)48-12-3)39-34(45)49-36(4,5)6/h27-29H,10-26H2,1-9H3,(H,38,41)(H,39,45)(H,40,46)/t27?,28?,29-/m1/s1. The minimum atomic E-state index is -1.05. The summed E-state index contributed by atoms with van der Waals surface area (Å²) in [6.07, 6.45) is 9.20. The normalized spacial score (nSPS) is 13.3. The molecular formula is C37H67N3O10S. The molecular weight excluding hydrogens is 678 g/mol. The molecule has 0 aromatic heterocycles. The zero-order valence-corrected chi connectivity index (χ0v) is 33.6. The first-order valence-corrected chi connectivity index (χ1v) is 19.7. The van der Waals surface area contributed by atoms with E-state index in [2.05, 4.69) is 22.9 Å². The quantitative estimate of drug-likeness (QED) is 0.0493. The van der Waals surface area contributed by atoms with Crippen molar-refractivity contribution in [3.8, 4) is 0 Å². The zero-order valence-electron chi connectivity index (χ0n) is 32.7. The summed E-state index contributed by atoms with van der Waals surface area (Å²) in [5, 5.41) is 7.54. The summed E-state index contributed by atoms with van der Waals surface area (Å²) < 4.78 is 20.9. The maximum absolute atomic E-state index is 13.2. The average Bonchev–Trinajstić information content (AvgIpc) is 3.01. The van der Waals surface area contributed by atoms with Gasteiger partial charge in [-0.3, -0.25) is 9.59 Å². The van der Waals surface area contributed by atoms with Crippen molar-refractivity contribution in [2.45, 2.75) is 182 Å². The van der Waals surface area contributed by atoms with E-state index in [9.17, 15) is 28.8 Å². The van der Waals surface area contributed by atoms with E-state index in [1.807, 2.05) is 0 Å². The molecule has 0 aromatic rings. The van der Waals surface area contributed by atoms with E-state index in [1.54, 1.807) is 55.4 Å². The lowest BCUT2D eigenvalue weighted by Crippen LogP contribution is -2.46. The Labute approximate surface area is 310 Å². The van der Waals surface area contributed by atoms with E-state index in [0.717, 1.165) is 31.0 Å². The monoisotopic (exact) mass is 745 g/mol. The van der Waals surface area contributed by atoms with Crippen molar-refractivity contribution >= 4 is 46.9 Å². The van der Waals surface area contributed by atoms with Gasteiger partial charge >= 0.3 is 24.1 Å². The molecule has 3 N–H and O–H groups in total. The van der Waals surface area contributed by atoms with Crippen molar-refractivity contribution < 1.29 is 47.7 Å². The summed E-state index contributed by atoms with van der Waals surface area (Å²) >= 11 is 1.13. The SMILES string of the molecule is CCCCCCCCCCCSC(=O)[C@@H](CCC(=O)NC(CCCC(NC(=O)OC(C)(C)C)C(=O)OCC)C(=O)OCC)NC(=O)OC(C)(C)C. The van der Waals surface area contributed by atoms with Gasteiger partial charge in [0.05, 0.1) is 13.2 Å². The van der Waals surface area contributed by atoms with Crippen LogP contribution in [0.5, 0.6) is 0 Å². The van der Waals surface area contributed by atoms with Gasteiger partial charge in [0.2, 0.25) is 11.0 Å². The Morgan fingerprint density at radius 2 is 0.980 bits per heavy atom. The summed E-state index contributed by atoms with van der Waals surface area (Å²) in [6.45, 7) is 15.9. The van der Waals surface area contributed by atoms with Crippen molar-refractivity contribution in [3.63, 3.8) is 0 Å². The van der Waals surface area contributed by atoms with Gasteiger partial charge in [-0.2, -0.15) is 0 Å². The summed E-state index contributed by atoms with van der Waals surface area (Å²) in [6, 6.07) is -3.05. The van der Waals surface area contributed by atoms with Gasteiger partial charge < -0.3 is 34.9 Å². The number of carbonyl (C=O) groups excluding carboxylic acids is 6. The number of esters is 2. The first-order valence-electron chi connectivity index (χ1n) is 18.7. The van der Waals surface area contributed by atoms with Crippen LogP contribution in [0.2, 0.25) is 0 Å². The van der Waals surface area contributed by atoms with Gasteiger partial charge in [0, 0.05) is 12.2 Å². The minimum absolute atomic E-state index is 0.00500. The van der Waals surface area contributed by atoms with Crippen molar-refractivity contribution in [2.75, 3.05) is 19.0 Å². The van der Waals surface area contributed by atoms with Crippen LogP contribution in [-0.2, 0) is 38.1 Å². The van der Waals surface area contributed by atoms with Gasteiger partial charge in [0.15, 0.2) is 0 Å². The molecule has 0 saturated carbocycles. The highest BCUT2D eigenvalue weighted by Crippen LogP contribution is 2.17. The molecule has 0 aliphatic heterocycles. The second-order valence-electron chi connectivity index (χ2n) is 14.5. The topological polar surface area (TPSA) is 175 Å². The predicted molar refractivity (Wildman–Crippen MR) is 199 cm³/mol. The molecule has 0 spiro atoms. The molecule has 0 saturated heterocycles. The first kappa shape index (κ1) is 48.0. The zero-order chi connectivity index (χ0) is 38.9. The van der Waals surface area contributed by atoms with Crippen LogP contribution < -0.4 is 16.0 Å². The Morgan fingerprint density at radius 1 is 0.549 bits per heavy atom. The molecule has 14 heteroatoms. The number of unbranched alkanes of at least 4 members (excludes halogenated alkanes) is 8. The molecule has 0 heterocycles. The Hall–Kier alpha value is -3.03. The number of amides is 3. The number of thioether (sulfide) groups is 1. The average molecular weight is 746 g/mol. The van der Waals surface area contributed by atoms with E-state index < -0.39 is 59.4 Å². The van der Waals surface area contributed by atoms with E-state index in [0.29, 0.717) is 5.75 Å². The number of alkyl carbamates (subject to hydrolysis) is 2. The molecule has 296 valence electrons. The molecule has 13 nitrogen and oxygen atoms in total.